The van der Waals surface area contributed by atoms with Crippen molar-refractivity contribution in [2.24, 2.45) is 0 Å². The number of alkyl halides is 2. The summed E-state index contributed by atoms with van der Waals surface area (Å²) < 4.78 is 49.9. The van der Waals surface area contributed by atoms with Crippen LogP contribution in [0.3, 0.4) is 0 Å². The molecule has 0 spiro atoms. The minimum absolute atomic E-state index is 0.0208. The number of amides is 1. The summed E-state index contributed by atoms with van der Waals surface area (Å²) in [7, 11) is 1.36. The second-order valence-corrected chi connectivity index (χ2v) is 8.73. The van der Waals surface area contributed by atoms with Gasteiger partial charge in [-0.15, -0.1) is 0 Å². The second-order valence-electron chi connectivity index (χ2n) is 8.73. The highest BCUT2D eigenvalue weighted by molar-refractivity contribution is 6.01. The van der Waals surface area contributed by atoms with Crippen LogP contribution >= 0.6 is 0 Å². The normalized spacial score (nSPS) is 15.5. The number of halogens is 2. The molecule has 0 saturated heterocycles. The van der Waals surface area contributed by atoms with E-state index >= 15 is 0 Å². The number of rotatable bonds is 10. The molecule has 0 atom stereocenters. The maximum atomic E-state index is 13.3. The van der Waals surface area contributed by atoms with E-state index in [0.29, 0.717) is 42.3 Å². The predicted molar refractivity (Wildman–Crippen MR) is 130 cm³/mol. The zero-order valence-electron chi connectivity index (χ0n) is 20.2. The van der Waals surface area contributed by atoms with Crippen LogP contribution in [0.15, 0.2) is 36.7 Å². The first kappa shape index (κ1) is 25.0. The van der Waals surface area contributed by atoms with Gasteiger partial charge in [-0.1, -0.05) is 6.08 Å². The third kappa shape index (κ3) is 5.37. The second kappa shape index (κ2) is 10.7. The van der Waals surface area contributed by atoms with Crippen molar-refractivity contribution < 1.29 is 37.6 Å². The predicted octanol–water partition coefficient (Wildman–Crippen LogP) is 3.68. The Labute approximate surface area is 211 Å². The highest BCUT2D eigenvalue weighted by atomic mass is 19.3. The SMILES string of the molecule is COc1cc(-c2cnc3cc(C4=CCOCC4)c(OCCO)cn23)cc(OC(F)F)c1C(=O)NC1CC1. The molecule has 37 heavy (non-hydrogen) atoms. The molecule has 0 radical (unpaired) electrons. The average Bonchev–Trinajstić information content (AvgIpc) is 3.62. The number of aromatic nitrogens is 2. The smallest absolute Gasteiger partial charge is 0.387 e. The molecule has 1 amide bonds. The lowest BCUT2D eigenvalue weighted by molar-refractivity contribution is -0.0502. The molecular weight excluding hydrogens is 488 g/mol. The number of hydrogen-bond acceptors (Lipinski definition) is 7. The van der Waals surface area contributed by atoms with Gasteiger partial charge in [0.25, 0.3) is 5.91 Å². The zero-order valence-corrected chi connectivity index (χ0v) is 20.2. The summed E-state index contributed by atoms with van der Waals surface area (Å²) in [4.78, 5) is 17.3. The highest BCUT2D eigenvalue weighted by Crippen LogP contribution is 2.38. The lowest BCUT2D eigenvalue weighted by Gasteiger charge is -2.18. The molecule has 1 aliphatic carbocycles. The Kier molecular flexibility index (Phi) is 7.24. The van der Waals surface area contributed by atoms with E-state index < -0.39 is 12.5 Å². The fourth-order valence-corrected chi connectivity index (χ4v) is 4.31. The highest BCUT2D eigenvalue weighted by Gasteiger charge is 2.29. The van der Waals surface area contributed by atoms with Crippen molar-refractivity contribution in [3.05, 3.63) is 47.8 Å². The molecule has 0 bridgehead atoms. The largest absolute Gasteiger partial charge is 0.496 e. The summed E-state index contributed by atoms with van der Waals surface area (Å²) in [6.07, 6.45) is 7.70. The number of carbonyl (C=O) groups is 1. The first-order valence-electron chi connectivity index (χ1n) is 12.0. The summed E-state index contributed by atoms with van der Waals surface area (Å²) in [5.41, 5.74) is 3.39. The Morgan fingerprint density at radius 1 is 1.27 bits per heavy atom. The molecule has 2 N–H and O–H groups in total. The summed E-state index contributed by atoms with van der Waals surface area (Å²) in [6.45, 7) is -2.12. The molecule has 3 aromatic rings. The zero-order chi connectivity index (χ0) is 25.9. The minimum Gasteiger partial charge on any atom is -0.496 e. The Balaban J connectivity index is 1.61. The standard InChI is InChI=1S/C26H27F2N3O6/c1-34-20-10-16(11-21(37-26(27)28)24(20)25(33)30-17-2-3-17)19-13-29-23-12-18(15-4-7-35-8-5-15)22(14-31(19)23)36-9-6-32/h4,10-14,17,26,32H,2-3,5-9H2,1H3,(H,30,33). The van der Waals surface area contributed by atoms with E-state index in [1.165, 1.54) is 13.2 Å². The quantitative estimate of drug-likeness (QED) is 0.425. The first-order chi connectivity index (χ1) is 18.0. The molecule has 9 nitrogen and oxygen atoms in total. The van der Waals surface area contributed by atoms with Crippen LogP contribution in [0, 0.1) is 0 Å². The molecule has 1 fully saturated rings. The molecule has 0 unspecified atom stereocenters. The van der Waals surface area contributed by atoms with Crippen LogP contribution in [0.25, 0.3) is 22.5 Å². The van der Waals surface area contributed by atoms with Gasteiger partial charge in [0.2, 0.25) is 0 Å². The number of fused-ring (bicyclic) bond motifs is 1. The van der Waals surface area contributed by atoms with E-state index in [1.54, 1.807) is 22.9 Å². The van der Waals surface area contributed by atoms with Crippen molar-refractivity contribution in [2.75, 3.05) is 33.5 Å². The van der Waals surface area contributed by atoms with Gasteiger partial charge in [-0.2, -0.15) is 8.78 Å². The number of nitrogens with one attached hydrogen (secondary N) is 1. The van der Waals surface area contributed by atoms with Crippen LogP contribution in [0.5, 0.6) is 17.2 Å². The van der Waals surface area contributed by atoms with E-state index in [1.807, 2.05) is 12.1 Å². The Bertz CT molecular complexity index is 1340. The van der Waals surface area contributed by atoms with Crippen LogP contribution < -0.4 is 19.5 Å². The van der Waals surface area contributed by atoms with Crippen molar-refractivity contribution >= 4 is 17.1 Å². The summed E-state index contributed by atoms with van der Waals surface area (Å²) in [6, 6.07) is 4.86. The first-order valence-corrected chi connectivity index (χ1v) is 12.0. The minimum atomic E-state index is -3.14. The van der Waals surface area contributed by atoms with Gasteiger partial charge in [0.05, 0.1) is 45.0 Å². The topological polar surface area (TPSA) is 104 Å². The fraction of sp³-hybridized carbons (Fsp3) is 0.385. The molecule has 196 valence electrons. The van der Waals surface area contributed by atoms with E-state index in [-0.39, 0.29) is 36.3 Å². The number of nitrogens with zero attached hydrogens (tertiary/aromatic N) is 2. The van der Waals surface area contributed by atoms with Crippen molar-refractivity contribution in [3.63, 3.8) is 0 Å². The lowest BCUT2D eigenvalue weighted by atomic mass is 10.0. The maximum Gasteiger partial charge on any atom is 0.387 e. The average molecular weight is 516 g/mol. The third-order valence-electron chi connectivity index (χ3n) is 6.21. The molecule has 2 aliphatic rings. The summed E-state index contributed by atoms with van der Waals surface area (Å²) in [5.74, 6) is -0.195. The van der Waals surface area contributed by atoms with Crippen LogP contribution in [0.4, 0.5) is 8.78 Å². The van der Waals surface area contributed by atoms with Gasteiger partial charge in [0, 0.05) is 17.2 Å². The number of hydrogen-bond donors (Lipinski definition) is 2. The summed E-state index contributed by atoms with van der Waals surface area (Å²) in [5, 5.41) is 12.1. The molecule has 1 aromatic carbocycles. The van der Waals surface area contributed by atoms with E-state index in [0.717, 1.165) is 24.0 Å². The Morgan fingerprint density at radius 2 is 2.08 bits per heavy atom. The molecule has 5 rings (SSSR count). The number of ether oxygens (including phenoxy) is 4. The number of benzene rings is 1. The van der Waals surface area contributed by atoms with Crippen LogP contribution in [0.1, 0.15) is 35.2 Å². The molecular formula is C26H27F2N3O6. The van der Waals surface area contributed by atoms with Gasteiger partial charge in [-0.3, -0.25) is 9.20 Å². The summed E-state index contributed by atoms with van der Waals surface area (Å²) >= 11 is 0. The van der Waals surface area contributed by atoms with Gasteiger partial charge in [0.15, 0.2) is 0 Å². The van der Waals surface area contributed by atoms with E-state index in [2.05, 4.69) is 10.3 Å². The number of pyridine rings is 1. The van der Waals surface area contributed by atoms with Crippen molar-refractivity contribution in [1.29, 1.82) is 0 Å². The Hall–Kier alpha value is -3.70. The maximum absolute atomic E-state index is 13.3. The van der Waals surface area contributed by atoms with Crippen LogP contribution in [-0.2, 0) is 4.74 Å². The van der Waals surface area contributed by atoms with E-state index in [4.69, 9.17) is 18.9 Å². The van der Waals surface area contributed by atoms with E-state index in [9.17, 15) is 18.7 Å². The molecule has 2 aromatic heterocycles. The number of carbonyl (C=O) groups excluding carboxylic acids is 1. The monoisotopic (exact) mass is 515 g/mol. The van der Waals surface area contributed by atoms with Gasteiger partial charge >= 0.3 is 6.61 Å². The van der Waals surface area contributed by atoms with Crippen LogP contribution in [0.2, 0.25) is 0 Å². The van der Waals surface area contributed by atoms with Gasteiger partial charge < -0.3 is 29.4 Å². The molecule has 11 heteroatoms. The fourth-order valence-electron chi connectivity index (χ4n) is 4.31. The van der Waals surface area contributed by atoms with Gasteiger partial charge in [-0.05, 0) is 43.0 Å². The van der Waals surface area contributed by atoms with Crippen LogP contribution in [-0.4, -0.2) is 66.6 Å². The molecule has 1 aliphatic heterocycles. The Morgan fingerprint density at radius 3 is 2.76 bits per heavy atom. The van der Waals surface area contributed by atoms with Gasteiger partial charge in [-0.25, -0.2) is 4.98 Å². The van der Waals surface area contributed by atoms with Crippen molar-refractivity contribution in [2.45, 2.75) is 31.9 Å². The number of methoxy groups -OCH3 is 1. The molecule has 1 saturated carbocycles. The number of aliphatic hydroxyl groups excluding tert-OH is 1. The third-order valence-corrected chi connectivity index (χ3v) is 6.21. The van der Waals surface area contributed by atoms with Crippen molar-refractivity contribution in [3.8, 4) is 28.5 Å². The number of aliphatic hydroxyl groups is 1. The molecule has 3 heterocycles. The lowest BCUT2D eigenvalue weighted by Crippen LogP contribution is -2.26. The van der Waals surface area contributed by atoms with Gasteiger partial charge in [0.1, 0.15) is 35.1 Å². The van der Waals surface area contributed by atoms with Crippen molar-refractivity contribution in [1.82, 2.24) is 14.7 Å². The number of imidazole rings is 1.